The fourth-order valence-corrected chi connectivity index (χ4v) is 3.39. The zero-order chi connectivity index (χ0) is 16.4. The predicted octanol–water partition coefficient (Wildman–Crippen LogP) is 5.94. The number of anilines is 1. The SMILES string of the molecule is Cc1ccc(-c2ccccc2NC(=O)c2sccc2C)cc1Cl. The lowest BCUT2D eigenvalue weighted by Gasteiger charge is -2.12. The standard InChI is InChI=1S/C19H16ClNOS/c1-12-7-8-14(11-16(12)20)15-5-3-4-6-17(15)21-19(22)18-13(2)9-10-23-18/h3-11H,1-2H3,(H,21,22). The van der Waals surface area contributed by atoms with Gasteiger partial charge in [0.25, 0.3) is 5.91 Å². The van der Waals surface area contributed by atoms with E-state index < -0.39 is 0 Å². The molecule has 0 spiro atoms. The third-order valence-corrected chi connectivity index (χ3v) is 5.15. The summed E-state index contributed by atoms with van der Waals surface area (Å²) in [5.74, 6) is -0.0804. The van der Waals surface area contributed by atoms with Gasteiger partial charge in [-0.3, -0.25) is 4.79 Å². The first-order valence-electron chi connectivity index (χ1n) is 7.27. The van der Waals surface area contributed by atoms with Crippen molar-refractivity contribution >= 4 is 34.5 Å². The minimum absolute atomic E-state index is 0.0804. The summed E-state index contributed by atoms with van der Waals surface area (Å²) < 4.78 is 0. The zero-order valence-electron chi connectivity index (χ0n) is 12.9. The highest BCUT2D eigenvalue weighted by atomic mass is 35.5. The van der Waals surface area contributed by atoms with E-state index in [1.807, 2.05) is 67.8 Å². The van der Waals surface area contributed by atoms with Crippen LogP contribution >= 0.6 is 22.9 Å². The van der Waals surface area contributed by atoms with Crippen molar-refractivity contribution in [3.05, 3.63) is 74.9 Å². The van der Waals surface area contributed by atoms with Gasteiger partial charge in [-0.1, -0.05) is 41.9 Å². The fourth-order valence-electron chi connectivity index (χ4n) is 2.39. The van der Waals surface area contributed by atoms with Gasteiger partial charge >= 0.3 is 0 Å². The van der Waals surface area contributed by atoms with Gasteiger partial charge in [0, 0.05) is 16.3 Å². The molecule has 2 aromatic carbocycles. The Kier molecular flexibility index (Phi) is 4.51. The quantitative estimate of drug-likeness (QED) is 0.627. The number of benzene rings is 2. The molecule has 0 saturated heterocycles. The van der Waals surface area contributed by atoms with Crippen molar-refractivity contribution in [3.63, 3.8) is 0 Å². The molecule has 1 N–H and O–H groups in total. The van der Waals surface area contributed by atoms with E-state index in [2.05, 4.69) is 5.32 Å². The van der Waals surface area contributed by atoms with E-state index in [-0.39, 0.29) is 5.91 Å². The summed E-state index contributed by atoms with van der Waals surface area (Å²) in [6.45, 7) is 3.91. The topological polar surface area (TPSA) is 29.1 Å². The molecule has 1 amide bonds. The first-order valence-corrected chi connectivity index (χ1v) is 8.53. The van der Waals surface area contributed by atoms with Gasteiger partial charge in [-0.2, -0.15) is 0 Å². The largest absolute Gasteiger partial charge is 0.321 e. The van der Waals surface area contributed by atoms with Crippen LogP contribution in [0.25, 0.3) is 11.1 Å². The van der Waals surface area contributed by atoms with E-state index >= 15 is 0 Å². The monoisotopic (exact) mass is 341 g/mol. The number of thiophene rings is 1. The van der Waals surface area contributed by atoms with Crippen molar-refractivity contribution in [1.82, 2.24) is 0 Å². The average molecular weight is 342 g/mol. The smallest absolute Gasteiger partial charge is 0.266 e. The Labute approximate surface area is 144 Å². The van der Waals surface area contributed by atoms with Crippen molar-refractivity contribution in [2.75, 3.05) is 5.32 Å². The highest BCUT2D eigenvalue weighted by molar-refractivity contribution is 7.12. The molecule has 0 aliphatic heterocycles. The number of carbonyl (C=O) groups excluding carboxylic acids is 1. The van der Waals surface area contributed by atoms with Gasteiger partial charge in [0.15, 0.2) is 0 Å². The molecule has 0 bridgehead atoms. The van der Waals surface area contributed by atoms with Gasteiger partial charge in [-0.05, 0) is 54.1 Å². The number of aryl methyl sites for hydroxylation is 2. The van der Waals surface area contributed by atoms with Gasteiger partial charge in [-0.25, -0.2) is 0 Å². The molecule has 0 aliphatic rings. The molecule has 0 atom stereocenters. The molecule has 116 valence electrons. The molecule has 0 aliphatic carbocycles. The van der Waals surface area contributed by atoms with Crippen LogP contribution in [0, 0.1) is 13.8 Å². The van der Waals surface area contributed by atoms with E-state index in [1.54, 1.807) is 0 Å². The van der Waals surface area contributed by atoms with E-state index in [9.17, 15) is 4.79 Å². The average Bonchev–Trinajstić information content (AvgIpc) is 2.97. The van der Waals surface area contributed by atoms with Crippen molar-refractivity contribution in [2.45, 2.75) is 13.8 Å². The van der Waals surface area contributed by atoms with Crippen LogP contribution in [0.5, 0.6) is 0 Å². The van der Waals surface area contributed by atoms with Crippen LogP contribution in [0.1, 0.15) is 20.8 Å². The Morgan fingerprint density at radius 1 is 1.04 bits per heavy atom. The van der Waals surface area contributed by atoms with Crippen LogP contribution in [0.3, 0.4) is 0 Å². The summed E-state index contributed by atoms with van der Waals surface area (Å²) in [5.41, 5.74) is 4.75. The molecule has 1 aromatic heterocycles. The van der Waals surface area contributed by atoms with Crippen molar-refractivity contribution in [1.29, 1.82) is 0 Å². The van der Waals surface area contributed by atoms with Crippen LogP contribution in [0.4, 0.5) is 5.69 Å². The van der Waals surface area contributed by atoms with E-state index in [4.69, 9.17) is 11.6 Å². The number of amides is 1. The van der Waals surface area contributed by atoms with E-state index in [1.165, 1.54) is 11.3 Å². The Morgan fingerprint density at radius 3 is 2.52 bits per heavy atom. The lowest BCUT2D eigenvalue weighted by molar-refractivity contribution is 0.103. The molecular weight excluding hydrogens is 326 g/mol. The number of hydrogen-bond donors (Lipinski definition) is 1. The number of carbonyl (C=O) groups is 1. The summed E-state index contributed by atoms with van der Waals surface area (Å²) in [5, 5.41) is 5.66. The van der Waals surface area contributed by atoms with Gasteiger partial charge in [0.1, 0.15) is 0 Å². The third-order valence-electron chi connectivity index (χ3n) is 3.73. The van der Waals surface area contributed by atoms with Gasteiger partial charge < -0.3 is 5.32 Å². The number of halogens is 1. The van der Waals surface area contributed by atoms with Gasteiger partial charge in [0.2, 0.25) is 0 Å². The second kappa shape index (κ2) is 6.57. The molecule has 4 heteroatoms. The second-order valence-corrected chi connectivity index (χ2v) is 6.72. The maximum atomic E-state index is 12.5. The minimum atomic E-state index is -0.0804. The van der Waals surface area contributed by atoms with Gasteiger partial charge in [-0.15, -0.1) is 11.3 Å². The number of para-hydroxylation sites is 1. The second-order valence-electron chi connectivity index (χ2n) is 5.40. The molecule has 0 saturated carbocycles. The molecular formula is C19H16ClNOS. The molecule has 23 heavy (non-hydrogen) atoms. The summed E-state index contributed by atoms with van der Waals surface area (Å²) in [4.78, 5) is 13.2. The maximum absolute atomic E-state index is 12.5. The predicted molar refractivity (Wildman–Crippen MR) is 98.6 cm³/mol. The first-order chi connectivity index (χ1) is 11.1. The first kappa shape index (κ1) is 15.8. The maximum Gasteiger partial charge on any atom is 0.266 e. The Bertz CT molecular complexity index is 869. The van der Waals surface area contributed by atoms with Gasteiger partial charge in [0.05, 0.1) is 4.88 Å². The van der Waals surface area contributed by atoms with Crippen molar-refractivity contribution in [2.24, 2.45) is 0 Å². The molecule has 0 fully saturated rings. The van der Waals surface area contributed by atoms with Crippen molar-refractivity contribution in [3.8, 4) is 11.1 Å². The zero-order valence-corrected chi connectivity index (χ0v) is 14.5. The van der Waals surface area contributed by atoms with E-state index in [0.717, 1.165) is 37.8 Å². The summed E-state index contributed by atoms with van der Waals surface area (Å²) >= 11 is 7.69. The third kappa shape index (κ3) is 3.31. The number of hydrogen-bond acceptors (Lipinski definition) is 2. The van der Waals surface area contributed by atoms with Crippen LogP contribution < -0.4 is 5.32 Å². The lowest BCUT2D eigenvalue weighted by Crippen LogP contribution is -2.12. The van der Waals surface area contributed by atoms with Crippen LogP contribution in [-0.2, 0) is 0 Å². The highest BCUT2D eigenvalue weighted by Gasteiger charge is 2.13. The fraction of sp³-hybridized carbons (Fsp3) is 0.105. The minimum Gasteiger partial charge on any atom is -0.321 e. The number of nitrogens with one attached hydrogen (secondary N) is 1. The Hall–Kier alpha value is -2.10. The van der Waals surface area contributed by atoms with Crippen LogP contribution in [0.2, 0.25) is 5.02 Å². The normalized spacial score (nSPS) is 10.6. The molecule has 0 radical (unpaired) electrons. The summed E-state index contributed by atoms with van der Waals surface area (Å²) in [6.07, 6.45) is 0. The van der Waals surface area contributed by atoms with Crippen molar-refractivity contribution < 1.29 is 4.79 Å². The van der Waals surface area contributed by atoms with Crippen LogP contribution in [0.15, 0.2) is 53.9 Å². The highest BCUT2D eigenvalue weighted by Crippen LogP contribution is 2.31. The van der Waals surface area contributed by atoms with Crippen LogP contribution in [-0.4, -0.2) is 5.91 Å². The molecule has 2 nitrogen and oxygen atoms in total. The number of rotatable bonds is 3. The molecule has 1 heterocycles. The molecule has 0 unspecified atom stereocenters. The van der Waals surface area contributed by atoms with E-state index in [0.29, 0.717) is 0 Å². The summed E-state index contributed by atoms with van der Waals surface area (Å²) in [6, 6.07) is 15.6. The molecule has 3 aromatic rings. The Morgan fingerprint density at radius 2 is 1.83 bits per heavy atom. The molecule has 3 rings (SSSR count). The Balaban J connectivity index is 1.96. The summed E-state index contributed by atoms with van der Waals surface area (Å²) in [7, 11) is 0. The lowest BCUT2D eigenvalue weighted by atomic mass is 10.0.